The number of esters is 1. The van der Waals surface area contributed by atoms with Gasteiger partial charge in [-0.1, -0.05) is 38.8 Å². The molecule has 2 aromatic rings. The molecule has 0 bridgehead atoms. The van der Waals surface area contributed by atoms with Gasteiger partial charge < -0.3 is 23.8 Å². The van der Waals surface area contributed by atoms with E-state index in [1.54, 1.807) is 12.1 Å². The number of carbonyl (C=O) groups excluding carboxylic acids is 1. The Morgan fingerprint density at radius 2 is 1.48 bits per heavy atom. The molecule has 0 saturated carbocycles. The second-order valence-electron chi connectivity index (χ2n) is 6.16. The molecule has 7 heteroatoms. The van der Waals surface area contributed by atoms with Crippen molar-refractivity contribution in [2.24, 2.45) is 0 Å². The number of benzene rings is 2. The van der Waals surface area contributed by atoms with E-state index in [1.165, 1.54) is 0 Å². The van der Waals surface area contributed by atoms with Crippen molar-refractivity contribution >= 4 is 13.6 Å². The summed E-state index contributed by atoms with van der Waals surface area (Å²) in [6, 6.07) is 14.8. The zero-order chi connectivity index (χ0) is 19.7. The lowest BCUT2D eigenvalue weighted by Crippen LogP contribution is -2.17. The van der Waals surface area contributed by atoms with E-state index in [-0.39, 0.29) is 12.1 Å². The lowest BCUT2D eigenvalue weighted by molar-refractivity contribution is -0.313. The van der Waals surface area contributed by atoms with Crippen molar-refractivity contribution < 1.29 is 28.6 Å². The van der Waals surface area contributed by atoms with Crippen molar-refractivity contribution in [3.05, 3.63) is 48.5 Å². The fourth-order valence-electron chi connectivity index (χ4n) is 2.44. The summed E-state index contributed by atoms with van der Waals surface area (Å²) in [5.74, 6) is 0.967. The van der Waals surface area contributed by atoms with Crippen molar-refractivity contribution in [1.82, 2.24) is 0 Å². The average molecular weight is 390 g/mol. The van der Waals surface area contributed by atoms with Gasteiger partial charge in [0.1, 0.15) is 11.5 Å². The number of carbonyl (C=O) groups is 1. The van der Waals surface area contributed by atoms with E-state index in [0.717, 1.165) is 17.5 Å². The first-order chi connectivity index (χ1) is 12.9. The van der Waals surface area contributed by atoms with Crippen LogP contribution in [-0.2, 0) is 9.36 Å². The van der Waals surface area contributed by atoms with E-state index in [2.05, 4.69) is 0 Å². The number of hydrogen-bond donors (Lipinski definition) is 0. The molecular formula is C20H23O6P-2. The smallest absolute Gasteiger partial charge is 0.311 e. The van der Waals surface area contributed by atoms with Crippen molar-refractivity contribution in [2.45, 2.75) is 32.6 Å². The van der Waals surface area contributed by atoms with Crippen molar-refractivity contribution in [3.8, 4) is 22.6 Å². The summed E-state index contributed by atoms with van der Waals surface area (Å²) in [7, 11) is -4.42. The van der Waals surface area contributed by atoms with E-state index >= 15 is 0 Å². The Bertz CT molecular complexity index is 764. The fraction of sp³-hybridized carbons (Fsp3) is 0.350. The highest BCUT2D eigenvalue weighted by atomic mass is 31.2. The molecule has 146 valence electrons. The largest absolute Gasteiger partial charge is 0.811 e. The zero-order valence-corrected chi connectivity index (χ0v) is 16.2. The lowest BCUT2D eigenvalue weighted by atomic mass is 10.1. The molecule has 0 fully saturated rings. The first kappa shape index (κ1) is 21.2. The fourth-order valence-corrected chi connectivity index (χ4v) is 3.05. The first-order valence-corrected chi connectivity index (χ1v) is 10.7. The second kappa shape index (κ2) is 10.3. The van der Waals surface area contributed by atoms with Gasteiger partial charge in [-0.2, -0.15) is 0 Å². The first-order valence-electron chi connectivity index (χ1n) is 8.92. The quantitative estimate of drug-likeness (QED) is 0.267. The molecule has 0 N–H and O–H groups in total. The summed E-state index contributed by atoms with van der Waals surface area (Å²) in [5.41, 5.74) is 1.98. The molecule has 6 nitrogen and oxygen atoms in total. The van der Waals surface area contributed by atoms with Gasteiger partial charge in [-0.15, -0.1) is 0 Å². The summed E-state index contributed by atoms with van der Waals surface area (Å²) < 4.78 is 21.3. The molecule has 0 aliphatic rings. The third-order valence-electron chi connectivity index (χ3n) is 3.82. The SMILES string of the molecule is CCCC(=O)Oc1ccc(-c2ccc(OCCCCP(=O)([O-])[O-])cc2)cc1. The van der Waals surface area contributed by atoms with E-state index < -0.39 is 7.60 Å². The molecule has 0 aliphatic carbocycles. The molecule has 27 heavy (non-hydrogen) atoms. The predicted octanol–water partition coefficient (Wildman–Crippen LogP) is 3.13. The van der Waals surface area contributed by atoms with Crippen molar-refractivity contribution in [1.29, 1.82) is 0 Å². The Labute approximate surface area is 159 Å². The van der Waals surface area contributed by atoms with Crippen LogP contribution in [0.25, 0.3) is 11.1 Å². The summed E-state index contributed by atoms with van der Waals surface area (Å²) >= 11 is 0. The lowest BCUT2D eigenvalue weighted by Gasteiger charge is -2.29. The maximum absolute atomic E-state index is 11.5. The van der Waals surface area contributed by atoms with Gasteiger partial charge in [0.05, 0.1) is 6.61 Å². The number of unbranched alkanes of at least 4 members (excludes halogenated alkanes) is 1. The molecule has 0 aliphatic heterocycles. The Morgan fingerprint density at radius 1 is 0.926 bits per heavy atom. The van der Waals surface area contributed by atoms with Crippen LogP contribution in [0.1, 0.15) is 32.6 Å². The van der Waals surface area contributed by atoms with Gasteiger partial charge in [-0.05, 0) is 60.8 Å². The monoisotopic (exact) mass is 390 g/mol. The third kappa shape index (κ3) is 7.95. The van der Waals surface area contributed by atoms with Crippen LogP contribution in [0.4, 0.5) is 0 Å². The molecule has 2 rings (SSSR count). The summed E-state index contributed by atoms with van der Waals surface area (Å²) in [5, 5.41) is 0. The van der Waals surface area contributed by atoms with Crippen LogP contribution in [-0.4, -0.2) is 18.7 Å². The van der Waals surface area contributed by atoms with Crippen LogP contribution >= 0.6 is 7.60 Å². The number of rotatable bonds is 10. The summed E-state index contributed by atoms with van der Waals surface area (Å²) in [6.45, 7) is 2.28. The predicted molar refractivity (Wildman–Crippen MR) is 99.6 cm³/mol. The van der Waals surface area contributed by atoms with E-state index in [1.807, 2.05) is 43.3 Å². The van der Waals surface area contributed by atoms with E-state index in [4.69, 9.17) is 9.47 Å². The zero-order valence-electron chi connectivity index (χ0n) is 15.3. The standard InChI is InChI=1S/C20H25O6P/c1-2-5-20(21)26-19-12-8-17(9-13-19)16-6-10-18(11-7-16)25-14-3-4-15-27(22,23)24/h6-13H,2-5,14-15H2,1H3,(H2,22,23,24)/p-2. The van der Waals surface area contributed by atoms with Gasteiger partial charge in [-0.3, -0.25) is 4.79 Å². The Hall–Kier alpha value is -2.14. The van der Waals surface area contributed by atoms with Crippen LogP contribution in [0.2, 0.25) is 0 Å². The highest BCUT2D eigenvalue weighted by molar-refractivity contribution is 7.48. The molecule has 0 heterocycles. The number of hydrogen-bond acceptors (Lipinski definition) is 6. The normalized spacial score (nSPS) is 11.2. The van der Waals surface area contributed by atoms with Crippen molar-refractivity contribution in [2.75, 3.05) is 12.8 Å². The molecule has 0 saturated heterocycles. The highest BCUT2D eigenvalue weighted by Crippen LogP contribution is 2.26. The minimum atomic E-state index is -4.42. The second-order valence-corrected chi connectivity index (χ2v) is 7.83. The molecule has 0 amide bonds. The Morgan fingerprint density at radius 3 is 2.00 bits per heavy atom. The molecule has 0 atom stereocenters. The van der Waals surface area contributed by atoms with Gasteiger partial charge in [0.2, 0.25) is 0 Å². The summed E-state index contributed by atoms with van der Waals surface area (Å²) in [6.07, 6.45) is 1.63. The topological polar surface area (TPSA) is 98.7 Å². The number of ether oxygens (including phenoxy) is 2. The van der Waals surface area contributed by atoms with Crippen LogP contribution in [0.3, 0.4) is 0 Å². The van der Waals surface area contributed by atoms with Crippen molar-refractivity contribution in [3.63, 3.8) is 0 Å². The molecule has 0 radical (unpaired) electrons. The molecular weight excluding hydrogens is 367 g/mol. The molecule has 0 spiro atoms. The molecule has 2 aromatic carbocycles. The average Bonchev–Trinajstić information content (AvgIpc) is 2.62. The van der Waals surface area contributed by atoms with Gasteiger partial charge >= 0.3 is 5.97 Å². The van der Waals surface area contributed by atoms with E-state index in [9.17, 15) is 19.1 Å². The third-order valence-corrected chi connectivity index (χ3v) is 4.69. The van der Waals surface area contributed by atoms with Crippen LogP contribution in [0.15, 0.2) is 48.5 Å². The Balaban J connectivity index is 1.84. The van der Waals surface area contributed by atoms with Gasteiger partial charge in [0.25, 0.3) is 0 Å². The molecule has 0 unspecified atom stereocenters. The maximum atomic E-state index is 11.5. The maximum Gasteiger partial charge on any atom is 0.311 e. The van der Waals surface area contributed by atoms with Gasteiger partial charge in [0.15, 0.2) is 0 Å². The van der Waals surface area contributed by atoms with Gasteiger partial charge in [-0.25, -0.2) is 0 Å². The van der Waals surface area contributed by atoms with Crippen LogP contribution in [0, 0.1) is 0 Å². The Kier molecular flexibility index (Phi) is 8.04. The van der Waals surface area contributed by atoms with Crippen LogP contribution < -0.4 is 19.3 Å². The minimum Gasteiger partial charge on any atom is -0.811 e. The molecule has 0 aromatic heterocycles. The van der Waals surface area contributed by atoms with Gasteiger partial charge in [0, 0.05) is 6.42 Å². The highest BCUT2D eigenvalue weighted by Gasteiger charge is 2.04. The van der Waals surface area contributed by atoms with Crippen LogP contribution in [0.5, 0.6) is 11.5 Å². The van der Waals surface area contributed by atoms with E-state index in [0.29, 0.717) is 37.4 Å². The minimum absolute atomic E-state index is 0.236. The summed E-state index contributed by atoms with van der Waals surface area (Å²) in [4.78, 5) is 32.6.